The van der Waals surface area contributed by atoms with Crippen molar-refractivity contribution in [1.82, 2.24) is 0 Å². The summed E-state index contributed by atoms with van der Waals surface area (Å²) in [4.78, 5) is 0. The summed E-state index contributed by atoms with van der Waals surface area (Å²) in [6, 6.07) is 2.60. The molecule has 0 amide bonds. The molecule has 0 bridgehead atoms. The van der Waals surface area contributed by atoms with Crippen LogP contribution in [0.15, 0.2) is 18.5 Å². The van der Waals surface area contributed by atoms with Crippen LogP contribution in [-0.4, -0.2) is 0 Å². The third-order valence-electron chi connectivity index (χ3n) is 13.7. The molecule has 59 heavy (non-hydrogen) atoms. The fraction of sp³-hybridized carbons (Fsp3) is 0.914. The summed E-state index contributed by atoms with van der Waals surface area (Å²) < 4.78 is 2.60. The van der Waals surface area contributed by atoms with Crippen LogP contribution in [0.25, 0.3) is 0 Å². The zero-order valence-corrected chi connectivity index (χ0v) is 41.5. The maximum atomic E-state index is 2.60. The third kappa shape index (κ3) is 42.2. The van der Waals surface area contributed by atoms with E-state index in [0.29, 0.717) is 0 Å². The Labute approximate surface area is 374 Å². The molecule has 0 fully saturated rings. The smallest absolute Gasteiger partial charge is 0.171 e. The molecule has 0 aliphatic rings. The molecule has 1 nitrogen and oxygen atoms in total. The van der Waals surface area contributed by atoms with Crippen LogP contribution in [0.2, 0.25) is 0 Å². The van der Waals surface area contributed by atoms with Gasteiger partial charge in [0.25, 0.3) is 0 Å². The summed E-state index contributed by atoms with van der Waals surface area (Å²) in [5.74, 6) is 0. The Morgan fingerprint density at radius 1 is 0.237 bits per heavy atom. The van der Waals surface area contributed by atoms with Crippen LogP contribution in [0.3, 0.4) is 0 Å². The quantitative estimate of drug-likeness (QED) is 0.0455. The lowest BCUT2D eigenvalue weighted by molar-refractivity contribution is -0.698. The lowest BCUT2D eigenvalue weighted by atomic mass is 10.0. The normalized spacial score (nSPS) is 11.6. The summed E-state index contributed by atoms with van der Waals surface area (Å²) in [7, 11) is 0. The van der Waals surface area contributed by atoms with Gasteiger partial charge in [0.2, 0.25) is 0 Å². The van der Waals surface area contributed by atoms with E-state index >= 15 is 0 Å². The highest BCUT2D eigenvalue weighted by molar-refractivity contribution is 5.15. The van der Waals surface area contributed by atoms with Crippen molar-refractivity contribution >= 4 is 0 Å². The molecule has 1 heteroatoms. The van der Waals surface area contributed by atoms with E-state index in [2.05, 4.69) is 43.8 Å². The summed E-state index contributed by atoms with van der Waals surface area (Å²) in [6.45, 7) is 8.17. The molecule has 1 aromatic rings. The van der Waals surface area contributed by atoms with Gasteiger partial charge in [-0.05, 0) is 38.2 Å². The number of aromatic nitrogens is 1. The van der Waals surface area contributed by atoms with E-state index in [1.54, 1.807) is 11.1 Å². The number of hydrogen-bond donors (Lipinski definition) is 0. The first-order chi connectivity index (χ1) is 29.3. The van der Waals surface area contributed by atoms with Gasteiger partial charge in [-0.3, -0.25) is 0 Å². The minimum absolute atomic E-state index is 1.22. The molecule has 1 rings (SSSR count). The average molecular weight is 824 g/mol. The first-order valence-corrected chi connectivity index (χ1v) is 28.3. The van der Waals surface area contributed by atoms with Gasteiger partial charge in [0.15, 0.2) is 12.4 Å². The predicted molar refractivity (Wildman–Crippen MR) is 268 cm³/mol. The van der Waals surface area contributed by atoms with Gasteiger partial charge in [0.05, 0.1) is 0 Å². The molecule has 0 saturated heterocycles. The van der Waals surface area contributed by atoms with Crippen molar-refractivity contribution in [1.29, 1.82) is 0 Å². The Kier molecular flexibility index (Phi) is 45.9. The highest BCUT2D eigenvalue weighted by Gasteiger charge is 2.09. The van der Waals surface area contributed by atoms with Crippen LogP contribution < -0.4 is 4.57 Å². The first-order valence-electron chi connectivity index (χ1n) is 28.3. The second-order valence-electron chi connectivity index (χ2n) is 19.8. The Morgan fingerprint density at radius 2 is 0.424 bits per heavy atom. The van der Waals surface area contributed by atoms with Gasteiger partial charge in [-0.1, -0.05) is 297 Å². The molecule has 0 radical (unpaired) electrons. The number of nitrogens with zero attached hydrogens (tertiary/aromatic N) is 1. The van der Waals surface area contributed by atoms with E-state index in [1.807, 2.05) is 0 Å². The van der Waals surface area contributed by atoms with E-state index in [-0.39, 0.29) is 0 Å². The largest absolute Gasteiger partial charge is 0.205 e. The highest BCUT2D eigenvalue weighted by atomic mass is 14.9. The third-order valence-corrected chi connectivity index (χ3v) is 13.7. The summed E-state index contributed by atoms with van der Waals surface area (Å²) in [6.07, 6.45) is 75.7. The van der Waals surface area contributed by atoms with E-state index in [9.17, 15) is 0 Å². The Morgan fingerprint density at radius 3 is 0.644 bits per heavy atom. The molecule has 0 unspecified atom stereocenters. The molecule has 0 aromatic carbocycles. The minimum atomic E-state index is 1.22. The maximum absolute atomic E-state index is 2.60. The van der Waals surface area contributed by atoms with Crippen LogP contribution in [0, 0.1) is 0 Å². The number of pyridine rings is 1. The molecule has 1 aromatic heterocycles. The molecule has 348 valence electrons. The molecule has 0 aliphatic carbocycles. The molecule has 0 spiro atoms. The van der Waals surface area contributed by atoms with Crippen LogP contribution in [0.1, 0.15) is 334 Å². The lowest BCUT2D eigenvalue weighted by Gasteiger charge is -2.08. The van der Waals surface area contributed by atoms with Gasteiger partial charge in [0, 0.05) is 17.5 Å². The second-order valence-corrected chi connectivity index (χ2v) is 19.8. The van der Waals surface area contributed by atoms with Gasteiger partial charge >= 0.3 is 0 Å². The molecule has 0 saturated carbocycles. The van der Waals surface area contributed by atoms with Crippen LogP contribution in [-0.2, 0) is 19.4 Å². The Bertz CT molecular complexity index is 864. The molecule has 0 N–H and O–H groups in total. The van der Waals surface area contributed by atoms with Gasteiger partial charge in [-0.15, -0.1) is 0 Å². The first kappa shape index (κ1) is 56.2. The van der Waals surface area contributed by atoms with Gasteiger partial charge < -0.3 is 0 Å². The number of hydrogen-bond acceptors (Lipinski definition) is 0. The molecule has 0 aliphatic heterocycles. The maximum Gasteiger partial charge on any atom is 0.171 e. The topological polar surface area (TPSA) is 3.88 Å². The fourth-order valence-electron chi connectivity index (χ4n) is 9.60. The van der Waals surface area contributed by atoms with E-state index < -0.39 is 0 Å². The number of unbranched alkanes of at least 4 members (excludes halogenated alkanes) is 44. The SMILES string of the molecule is CCCCCCCCCCCCCCCCCCCc1cc(CCCCCCCCCCCCCCCCCCC)c[n+](CCCCCCCCCCCCCCC)c1. The molecule has 0 atom stereocenters. The van der Waals surface area contributed by atoms with Crippen molar-refractivity contribution in [3.8, 4) is 0 Å². The van der Waals surface area contributed by atoms with E-state index in [1.165, 1.54) is 321 Å². The monoisotopic (exact) mass is 823 g/mol. The Hall–Kier alpha value is -0.850. The zero-order chi connectivity index (χ0) is 42.2. The van der Waals surface area contributed by atoms with Crippen molar-refractivity contribution in [2.45, 2.75) is 342 Å². The minimum Gasteiger partial charge on any atom is -0.205 e. The number of aryl methyl sites for hydroxylation is 3. The van der Waals surface area contributed by atoms with E-state index in [0.717, 1.165) is 0 Å². The summed E-state index contributed by atoms with van der Waals surface area (Å²) >= 11 is 0. The van der Waals surface area contributed by atoms with E-state index in [4.69, 9.17) is 0 Å². The van der Waals surface area contributed by atoms with Crippen molar-refractivity contribution in [3.63, 3.8) is 0 Å². The van der Waals surface area contributed by atoms with Crippen LogP contribution in [0.4, 0.5) is 0 Å². The fourth-order valence-corrected chi connectivity index (χ4v) is 9.60. The van der Waals surface area contributed by atoms with Crippen molar-refractivity contribution in [3.05, 3.63) is 29.6 Å². The molecular weight excluding hydrogens is 711 g/mol. The van der Waals surface area contributed by atoms with Gasteiger partial charge in [-0.2, -0.15) is 0 Å². The Balaban J connectivity index is 2.25. The highest BCUT2D eigenvalue weighted by Crippen LogP contribution is 2.18. The molecule has 1 heterocycles. The van der Waals surface area contributed by atoms with Crippen LogP contribution in [0.5, 0.6) is 0 Å². The molecular formula is C58H112N+. The van der Waals surface area contributed by atoms with Gasteiger partial charge in [0.1, 0.15) is 6.54 Å². The lowest BCUT2D eigenvalue weighted by Crippen LogP contribution is -2.34. The zero-order valence-electron chi connectivity index (χ0n) is 41.5. The summed E-state index contributed by atoms with van der Waals surface area (Å²) in [5.41, 5.74) is 3.23. The standard InChI is InChI=1S/C58H112N/c1-4-7-10-13-16-19-22-25-27-29-31-33-36-39-42-45-48-51-57-54-58(52-49-46-43-40-37-34-32-30-28-26-23-20-17-14-11-8-5-2)56-59(55-57)53-50-47-44-41-38-35-24-21-18-15-12-9-6-3/h54-56H,4-53H2,1-3H3/q+1. The van der Waals surface area contributed by atoms with Gasteiger partial charge in [-0.25, -0.2) is 4.57 Å². The van der Waals surface area contributed by atoms with Crippen molar-refractivity contribution < 1.29 is 4.57 Å². The second kappa shape index (κ2) is 48.2. The number of rotatable bonds is 50. The van der Waals surface area contributed by atoms with Crippen molar-refractivity contribution in [2.75, 3.05) is 0 Å². The van der Waals surface area contributed by atoms with Crippen molar-refractivity contribution in [2.24, 2.45) is 0 Å². The van der Waals surface area contributed by atoms with Crippen LogP contribution >= 0.6 is 0 Å². The predicted octanol–water partition coefficient (Wildman–Crippen LogP) is 20.5. The summed E-state index contributed by atoms with van der Waals surface area (Å²) in [5, 5.41) is 0. The average Bonchev–Trinajstić information content (AvgIpc) is 3.24.